The maximum Gasteiger partial charge on any atom is 0.250 e. The maximum atomic E-state index is 13.0. The molecule has 11 heteroatoms. The summed E-state index contributed by atoms with van der Waals surface area (Å²) in [6.45, 7) is 1.58. The Morgan fingerprint density at radius 3 is 2.39 bits per heavy atom. The van der Waals surface area contributed by atoms with Crippen LogP contribution >= 0.6 is 27.5 Å². The van der Waals surface area contributed by atoms with Crippen molar-refractivity contribution in [3.05, 3.63) is 58.0 Å². The predicted octanol–water partition coefficient (Wildman–Crippen LogP) is 2.59. The molecule has 1 aromatic heterocycles. The number of benzene rings is 2. The number of para-hydroxylation sites is 1. The molecule has 3 aromatic rings. The molecule has 0 aliphatic carbocycles. The number of hydrogen-bond acceptors (Lipinski definition) is 6. The quantitative estimate of drug-likeness (QED) is 0.567. The van der Waals surface area contributed by atoms with Gasteiger partial charge >= 0.3 is 0 Å². The number of sulfonamides is 1. The van der Waals surface area contributed by atoms with Crippen molar-refractivity contribution < 1.29 is 8.42 Å². The third-order valence-corrected chi connectivity index (χ3v) is 7.36. The lowest BCUT2D eigenvalue weighted by Gasteiger charge is -2.34. The third-order valence-electron chi connectivity index (χ3n) is 4.49. The molecule has 1 aliphatic rings. The highest BCUT2D eigenvalue weighted by Crippen LogP contribution is 2.28. The fraction of sp³-hybridized carbons (Fsp3) is 0.235. The Bertz CT molecular complexity index is 1080. The Morgan fingerprint density at radius 1 is 1.00 bits per heavy atom. The number of rotatable bonds is 4. The van der Waals surface area contributed by atoms with E-state index in [1.54, 1.807) is 16.8 Å². The van der Waals surface area contributed by atoms with Gasteiger partial charge in [0.1, 0.15) is 4.90 Å². The van der Waals surface area contributed by atoms with Crippen LogP contribution in [-0.4, -0.2) is 59.1 Å². The summed E-state index contributed by atoms with van der Waals surface area (Å²) in [4.78, 5) is 2.09. The van der Waals surface area contributed by atoms with E-state index in [4.69, 9.17) is 11.6 Å². The highest BCUT2D eigenvalue weighted by Gasteiger charge is 2.31. The Kier molecular flexibility index (Phi) is 5.37. The molecule has 2 heterocycles. The number of tetrazole rings is 1. The van der Waals surface area contributed by atoms with Crippen molar-refractivity contribution in [2.75, 3.05) is 31.1 Å². The Morgan fingerprint density at radius 2 is 1.71 bits per heavy atom. The topological polar surface area (TPSA) is 84.2 Å². The molecule has 0 atom stereocenters. The second-order valence-electron chi connectivity index (χ2n) is 6.19. The monoisotopic (exact) mass is 482 g/mol. The molecule has 0 radical (unpaired) electrons. The van der Waals surface area contributed by atoms with Gasteiger partial charge in [0.15, 0.2) is 0 Å². The van der Waals surface area contributed by atoms with Crippen LogP contribution in [0.15, 0.2) is 57.9 Å². The van der Waals surface area contributed by atoms with E-state index >= 15 is 0 Å². The van der Waals surface area contributed by atoms with E-state index in [-0.39, 0.29) is 9.92 Å². The Labute approximate surface area is 175 Å². The number of nitrogens with zero attached hydrogens (tertiary/aromatic N) is 6. The van der Waals surface area contributed by atoms with Crippen molar-refractivity contribution in [2.24, 2.45) is 0 Å². The van der Waals surface area contributed by atoms with E-state index in [1.165, 1.54) is 10.4 Å². The summed E-state index contributed by atoms with van der Waals surface area (Å²) in [5.74, 6) is 0.588. The molecule has 8 nitrogen and oxygen atoms in total. The lowest BCUT2D eigenvalue weighted by Crippen LogP contribution is -2.49. The van der Waals surface area contributed by atoms with Gasteiger partial charge in [0.25, 0.3) is 0 Å². The minimum atomic E-state index is -3.67. The molecule has 146 valence electrons. The van der Waals surface area contributed by atoms with Gasteiger partial charge in [-0.1, -0.05) is 50.8 Å². The second kappa shape index (κ2) is 7.78. The minimum Gasteiger partial charge on any atom is -0.337 e. The molecule has 0 amide bonds. The number of anilines is 1. The largest absolute Gasteiger partial charge is 0.337 e. The van der Waals surface area contributed by atoms with Crippen LogP contribution in [0.2, 0.25) is 5.02 Å². The lowest BCUT2D eigenvalue weighted by molar-refractivity contribution is 0.381. The molecule has 28 heavy (non-hydrogen) atoms. The van der Waals surface area contributed by atoms with Crippen LogP contribution in [0.3, 0.4) is 0 Å². The van der Waals surface area contributed by atoms with Gasteiger partial charge < -0.3 is 4.90 Å². The summed E-state index contributed by atoms with van der Waals surface area (Å²) >= 11 is 9.45. The Hall–Kier alpha value is -2.01. The van der Waals surface area contributed by atoms with Gasteiger partial charge in [-0.15, -0.1) is 0 Å². The van der Waals surface area contributed by atoms with Crippen LogP contribution in [0, 0.1) is 0 Å². The van der Waals surface area contributed by atoms with Gasteiger partial charge in [-0.2, -0.15) is 8.99 Å². The van der Waals surface area contributed by atoms with Crippen LogP contribution in [0.5, 0.6) is 0 Å². The van der Waals surface area contributed by atoms with E-state index in [0.717, 1.165) is 10.2 Å². The zero-order chi connectivity index (χ0) is 19.7. The zero-order valence-corrected chi connectivity index (χ0v) is 17.8. The van der Waals surface area contributed by atoms with Gasteiger partial charge in [0.2, 0.25) is 16.0 Å². The number of halogens is 2. The second-order valence-corrected chi connectivity index (χ2v) is 9.42. The van der Waals surface area contributed by atoms with Crippen LogP contribution in [-0.2, 0) is 10.0 Å². The molecule has 1 fully saturated rings. The van der Waals surface area contributed by atoms with E-state index in [9.17, 15) is 8.42 Å². The van der Waals surface area contributed by atoms with Gasteiger partial charge in [0, 0.05) is 30.7 Å². The number of piperazine rings is 1. The first-order valence-electron chi connectivity index (χ1n) is 8.51. The van der Waals surface area contributed by atoms with Crippen LogP contribution in [0.25, 0.3) is 5.69 Å². The first-order chi connectivity index (χ1) is 13.5. The summed E-state index contributed by atoms with van der Waals surface area (Å²) < 4.78 is 29.7. The standard InChI is InChI=1S/C17H16BrClN6O2S/c18-13-6-7-16(15(19)12-13)28(26,27)24-10-8-23(9-11-24)17-20-21-22-25(17)14-4-2-1-3-5-14/h1-7,12H,8-11H2. The van der Waals surface area contributed by atoms with Gasteiger partial charge in [-0.25, -0.2) is 8.42 Å². The molecular formula is C17H16BrClN6O2S. The van der Waals surface area contributed by atoms with Crippen LogP contribution in [0.4, 0.5) is 5.95 Å². The van der Waals surface area contributed by atoms with Crippen molar-refractivity contribution in [1.82, 2.24) is 24.5 Å². The summed E-state index contributed by atoms with van der Waals surface area (Å²) in [7, 11) is -3.67. The lowest BCUT2D eigenvalue weighted by atomic mass is 10.3. The SMILES string of the molecule is O=S(=O)(c1ccc(Br)cc1Cl)N1CCN(c2nnnn2-c2ccccc2)CC1. The average molecular weight is 484 g/mol. The maximum absolute atomic E-state index is 13.0. The number of hydrogen-bond donors (Lipinski definition) is 0. The van der Waals surface area contributed by atoms with Crippen LogP contribution < -0.4 is 4.90 Å². The molecule has 0 spiro atoms. The summed E-state index contributed by atoms with van der Waals surface area (Å²) in [6.07, 6.45) is 0. The smallest absolute Gasteiger partial charge is 0.250 e. The molecule has 2 aromatic carbocycles. The third kappa shape index (κ3) is 3.64. The van der Waals surface area contributed by atoms with Crippen molar-refractivity contribution >= 4 is 43.5 Å². The van der Waals surface area contributed by atoms with E-state index in [1.807, 2.05) is 35.2 Å². The molecule has 0 bridgehead atoms. The van der Waals surface area contributed by atoms with Crippen LogP contribution in [0.1, 0.15) is 0 Å². The summed E-state index contributed by atoms with van der Waals surface area (Å²) in [5, 5.41) is 12.2. The van der Waals surface area contributed by atoms with Crippen molar-refractivity contribution in [2.45, 2.75) is 4.90 Å². The fourth-order valence-corrected chi connectivity index (χ4v) is 5.50. The molecule has 4 rings (SSSR count). The molecule has 0 unspecified atom stereocenters. The Balaban J connectivity index is 1.52. The summed E-state index contributed by atoms with van der Waals surface area (Å²) in [5.41, 5.74) is 0.846. The van der Waals surface area contributed by atoms with Gasteiger partial charge in [-0.05, 0) is 40.8 Å². The highest BCUT2D eigenvalue weighted by atomic mass is 79.9. The first-order valence-corrected chi connectivity index (χ1v) is 11.1. The predicted molar refractivity (Wildman–Crippen MR) is 109 cm³/mol. The average Bonchev–Trinajstić information content (AvgIpc) is 3.18. The normalized spacial score (nSPS) is 15.7. The zero-order valence-electron chi connectivity index (χ0n) is 14.6. The van der Waals surface area contributed by atoms with Crippen molar-refractivity contribution in [1.29, 1.82) is 0 Å². The minimum absolute atomic E-state index is 0.111. The number of aromatic nitrogens is 4. The molecule has 0 saturated carbocycles. The highest BCUT2D eigenvalue weighted by molar-refractivity contribution is 9.10. The van der Waals surface area contributed by atoms with E-state index in [2.05, 4.69) is 31.5 Å². The van der Waals surface area contributed by atoms with E-state index in [0.29, 0.717) is 32.1 Å². The van der Waals surface area contributed by atoms with Gasteiger partial charge in [-0.3, -0.25) is 0 Å². The molecule has 1 saturated heterocycles. The molecule has 1 aliphatic heterocycles. The summed E-state index contributed by atoms with van der Waals surface area (Å²) in [6, 6.07) is 14.3. The van der Waals surface area contributed by atoms with Gasteiger partial charge in [0.05, 0.1) is 10.7 Å². The first kappa shape index (κ1) is 19.3. The van der Waals surface area contributed by atoms with Crippen molar-refractivity contribution in [3.63, 3.8) is 0 Å². The fourth-order valence-electron chi connectivity index (χ4n) is 3.07. The van der Waals surface area contributed by atoms with Crippen molar-refractivity contribution in [3.8, 4) is 5.69 Å². The molecular weight excluding hydrogens is 468 g/mol. The molecule has 0 N–H and O–H groups in total. The van der Waals surface area contributed by atoms with E-state index < -0.39 is 10.0 Å².